The van der Waals surface area contributed by atoms with E-state index in [-0.39, 0.29) is 24.7 Å². The summed E-state index contributed by atoms with van der Waals surface area (Å²) in [6.07, 6.45) is 0. The van der Waals surface area contributed by atoms with Crippen LogP contribution in [0.2, 0.25) is 0 Å². The van der Waals surface area contributed by atoms with Gasteiger partial charge in [0.15, 0.2) is 11.6 Å². The lowest BCUT2D eigenvalue weighted by atomic mass is 10.3. The van der Waals surface area contributed by atoms with E-state index in [0.29, 0.717) is 6.54 Å². The molecule has 0 saturated heterocycles. The van der Waals surface area contributed by atoms with Crippen LogP contribution < -0.4 is 10.5 Å². The first-order valence-electron chi connectivity index (χ1n) is 5.18. The summed E-state index contributed by atoms with van der Waals surface area (Å²) < 4.78 is 55.6. The van der Waals surface area contributed by atoms with Gasteiger partial charge < -0.3 is 10.5 Å². The largest absolute Gasteiger partial charge is 0.379 e. The van der Waals surface area contributed by atoms with Crippen LogP contribution in [0.5, 0.6) is 0 Å². The fraction of sp³-hybridized carbons (Fsp3) is 0.400. The summed E-state index contributed by atoms with van der Waals surface area (Å²) in [6, 6.07) is 2.75. The average molecular weight is 280 g/mol. The van der Waals surface area contributed by atoms with Crippen LogP contribution >= 0.6 is 0 Å². The van der Waals surface area contributed by atoms with E-state index in [1.54, 1.807) is 0 Å². The second kappa shape index (κ2) is 6.62. The summed E-state index contributed by atoms with van der Waals surface area (Å²) in [5, 5.41) is 0. The number of hydrogen-bond donors (Lipinski definition) is 2. The van der Waals surface area contributed by atoms with Crippen LogP contribution in [0.25, 0.3) is 0 Å². The molecular weight excluding hydrogens is 266 g/mol. The van der Waals surface area contributed by atoms with Crippen LogP contribution in [0.3, 0.4) is 0 Å². The Labute approximate surface area is 104 Å². The number of nitrogens with one attached hydrogen (secondary N) is 1. The minimum Gasteiger partial charge on any atom is -0.379 e. The number of halogens is 2. The van der Waals surface area contributed by atoms with Gasteiger partial charge in [0.1, 0.15) is 0 Å². The molecule has 0 heterocycles. The van der Waals surface area contributed by atoms with Gasteiger partial charge in [0.05, 0.1) is 24.7 Å². The zero-order valence-corrected chi connectivity index (χ0v) is 10.3. The summed E-state index contributed by atoms with van der Waals surface area (Å²) in [4.78, 5) is 0. The molecule has 0 radical (unpaired) electrons. The number of ether oxygens (including phenoxy) is 1. The highest BCUT2D eigenvalue weighted by molar-refractivity contribution is 7.92. The van der Waals surface area contributed by atoms with Gasteiger partial charge in [0, 0.05) is 12.6 Å². The van der Waals surface area contributed by atoms with E-state index >= 15 is 0 Å². The molecule has 5 nitrogen and oxygen atoms in total. The van der Waals surface area contributed by atoms with Crippen LogP contribution in [-0.2, 0) is 14.8 Å². The predicted octanol–water partition coefficient (Wildman–Crippen LogP) is 0.682. The molecule has 3 N–H and O–H groups in total. The second-order valence-electron chi connectivity index (χ2n) is 3.45. The van der Waals surface area contributed by atoms with Gasteiger partial charge in [-0.25, -0.2) is 17.2 Å². The Hall–Kier alpha value is -1.25. The summed E-state index contributed by atoms with van der Waals surface area (Å²) in [5.41, 5.74) is 5.13. The van der Waals surface area contributed by atoms with Gasteiger partial charge >= 0.3 is 0 Å². The Morgan fingerprint density at radius 1 is 1.22 bits per heavy atom. The van der Waals surface area contributed by atoms with Crippen molar-refractivity contribution in [1.82, 2.24) is 0 Å². The maximum Gasteiger partial charge on any atom is 0.235 e. The van der Waals surface area contributed by atoms with Crippen LogP contribution in [-0.4, -0.2) is 33.9 Å². The number of rotatable bonds is 7. The van der Waals surface area contributed by atoms with Crippen molar-refractivity contribution < 1.29 is 21.9 Å². The van der Waals surface area contributed by atoms with E-state index in [4.69, 9.17) is 10.5 Å². The molecule has 0 spiro atoms. The highest BCUT2D eigenvalue weighted by Crippen LogP contribution is 2.14. The molecule has 0 fully saturated rings. The number of hydrogen-bond acceptors (Lipinski definition) is 4. The van der Waals surface area contributed by atoms with Crippen molar-refractivity contribution in [2.24, 2.45) is 5.73 Å². The van der Waals surface area contributed by atoms with E-state index in [1.807, 2.05) is 0 Å². The van der Waals surface area contributed by atoms with Gasteiger partial charge in [-0.05, 0) is 12.1 Å². The van der Waals surface area contributed by atoms with Gasteiger partial charge in [-0.1, -0.05) is 0 Å². The first-order chi connectivity index (χ1) is 8.44. The Morgan fingerprint density at radius 3 is 2.56 bits per heavy atom. The smallest absolute Gasteiger partial charge is 0.235 e. The lowest BCUT2D eigenvalue weighted by Gasteiger charge is -2.08. The molecule has 1 aromatic carbocycles. The molecule has 0 aliphatic heterocycles. The number of nitrogens with two attached hydrogens (primary N) is 1. The fourth-order valence-corrected chi connectivity index (χ4v) is 2.07. The Balaban J connectivity index is 2.56. The van der Waals surface area contributed by atoms with Crippen molar-refractivity contribution >= 4 is 15.7 Å². The van der Waals surface area contributed by atoms with E-state index in [9.17, 15) is 17.2 Å². The number of benzene rings is 1. The van der Waals surface area contributed by atoms with Crippen molar-refractivity contribution in [2.75, 3.05) is 30.2 Å². The van der Waals surface area contributed by atoms with Gasteiger partial charge in [0.25, 0.3) is 0 Å². The highest BCUT2D eigenvalue weighted by atomic mass is 32.2. The molecule has 1 aromatic rings. The zero-order valence-electron chi connectivity index (χ0n) is 9.53. The Bertz CT molecular complexity index is 494. The summed E-state index contributed by atoms with van der Waals surface area (Å²) in [7, 11) is -3.65. The van der Waals surface area contributed by atoms with E-state index in [0.717, 1.165) is 18.2 Å². The minimum atomic E-state index is -3.65. The molecule has 0 amide bonds. The molecule has 0 unspecified atom stereocenters. The number of anilines is 1. The lowest BCUT2D eigenvalue weighted by molar-refractivity contribution is 0.157. The molecule has 1 rings (SSSR count). The molecule has 0 atom stereocenters. The quantitative estimate of drug-likeness (QED) is 0.720. The van der Waals surface area contributed by atoms with Crippen molar-refractivity contribution in [3.8, 4) is 0 Å². The van der Waals surface area contributed by atoms with Crippen molar-refractivity contribution in [3.63, 3.8) is 0 Å². The zero-order chi connectivity index (χ0) is 13.6. The van der Waals surface area contributed by atoms with E-state index in [1.165, 1.54) is 0 Å². The van der Waals surface area contributed by atoms with Gasteiger partial charge in [-0.15, -0.1) is 0 Å². The molecule has 8 heteroatoms. The molecule has 0 aliphatic rings. The van der Waals surface area contributed by atoms with Crippen LogP contribution in [0, 0.1) is 11.6 Å². The first-order valence-corrected chi connectivity index (χ1v) is 6.83. The molecule has 18 heavy (non-hydrogen) atoms. The molecular formula is C10H14F2N2O3S. The lowest BCUT2D eigenvalue weighted by Crippen LogP contribution is -2.21. The third-order valence-electron chi connectivity index (χ3n) is 1.95. The van der Waals surface area contributed by atoms with E-state index < -0.39 is 21.7 Å². The fourth-order valence-electron chi connectivity index (χ4n) is 1.14. The Kier molecular flexibility index (Phi) is 5.45. The van der Waals surface area contributed by atoms with Crippen LogP contribution in [0.15, 0.2) is 18.2 Å². The van der Waals surface area contributed by atoms with Crippen molar-refractivity contribution in [2.45, 2.75) is 0 Å². The second-order valence-corrected chi connectivity index (χ2v) is 5.29. The van der Waals surface area contributed by atoms with Crippen LogP contribution in [0.1, 0.15) is 0 Å². The van der Waals surface area contributed by atoms with Crippen LogP contribution in [0.4, 0.5) is 14.5 Å². The molecule has 0 bridgehead atoms. The standard InChI is InChI=1S/C10H14F2N2O3S/c11-9-2-1-8(7-10(9)12)14-18(15,16)6-5-17-4-3-13/h1-2,7,14H,3-6,13H2. The maximum atomic E-state index is 12.9. The monoisotopic (exact) mass is 280 g/mol. The third-order valence-corrected chi connectivity index (χ3v) is 3.20. The molecule has 0 aliphatic carbocycles. The van der Waals surface area contributed by atoms with Gasteiger partial charge in [-0.2, -0.15) is 0 Å². The SMILES string of the molecule is NCCOCCS(=O)(=O)Nc1ccc(F)c(F)c1. The summed E-state index contributed by atoms with van der Waals surface area (Å²) >= 11 is 0. The number of sulfonamides is 1. The minimum absolute atomic E-state index is 0.0176. The Morgan fingerprint density at radius 2 is 1.94 bits per heavy atom. The topological polar surface area (TPSA) is 81.4 Å². The van der Waals surface area contributed by atoms with Gasteiger partial charge in [0.2, 0.25) is 10.0 Å². The summed E-state index contributed by atoms with van der Waals surface area (Å²) in [5.74, 6) is -2.44. The van der Waals surface area contributed by atoms with Crippen molar-refractivity contribution in [3.05, 3.63) is 29.8 Å². The normalized spacial score (nSPS) is 11.5. The third kappa shape index (κ3) is 4.94. The first kappa shape index (κ1) is 14.8. The van der Waals surface area contributed by atoms with Crippen molar-refractivity contribution in [1.29, 1.82) is 0 Å². The molecule has 0 saturated carbocycles. The predicted molar refractivity (Wildman–Crippen MR) is 63.6 cm³/mol. The summed E-state index contributed by atoms with van der Waals surface area (Å²) in [6.45, 7) is 0.549. The van der Waals surface area contributed by atoms with E-state index in [2.05, 4.69) is 4.72 Å². The molecule has 102 valence electrons. The highest BCUT2D eigenvalue weighted by Gasteiger charge is 2.11. The maximum absolute atomic E-state index is 12.9. The van der Waals surface area contributed by atoms with Gasteiger partial charge in [-0.3, -0.25) is 4.72 Å². The molecule has 0 aromatic heterocycles. The average Bonchev–Trinajstić information content (AvgIpc) is 2.29.